The van der Waals surface area contributed by atoms with E-state index >= 15 is 0 Å². The third kappa shape index (κ3) is 4.36. The molecule has 4 heteroatoms. The molecule has 0 atom stereocenters. The lowest BCUT2D eigenvalue weighted by atomic mass is 10.1. The Labute approximate surface area is 144 Å². The molecule has 24 heavy (non-hydrogen) atoms. The quantitative estimate of drug-likeness (QED) is 0.820. The van der Waals surface area contributed by atoms with E-state index in [1.165, 1.54) is 0 Å². The highest BCUT2D eigenvalue weighted by Gasteiger charge is 2.10. The molecule has 0 radical (unpaired) electrons. The van der Waals surface area contributed by atoms with Crippen LogP contribution in [-0.2, 0) is 13.2 Å². The smallest absolute Gasteiger partial charge is 0.251 e. The number of anilines is 1. The summed E-state index contributed by atoms with van der Waals surface area (Å²) in [5.41, 5.74) is 3.53. The fourth-order valence-corrected chi connectivity index (χ4v) is 2.81. The van der Waals surface area contributed by atoms with E-state index in [0.29, 0.717) is 18.2 Å². The molecule has 2 N–H and O–H groups in total. The van der Waals surface area contributed by atoms with Gasteiger partial charge in [0.1, 0.15) is 0 Å². The molecule has 0 saturated carbocycles. The van der Waals surface area contributed by atoms with Crippen molar-refractivity contribution in [2.45, 2.75) is 40.0 Å². The molecule has 0 aliphatic carbocycles. The molecule has 0 aliphatic rings. The topological polar surface area (TPSA) is 52.6 Å². The lowest BCUT2D eigenvalue weighted by molar-refractivity contribution is 0.0950. The molecule has 4 nitrogen and oxygen atoms in total. The van der Waals surface area contributed by atoms with E-state index in [0.717, 1.165) is 23.4 Å². The average molecular weight is 326 g/mol. The fraction of sp³-hybridized carbons (Fsp3) is 0.350. The highest BCUT2D eigenvalue weighted by atomic mass is 16.3. The van der Waals surface area contributed by atoms with Crippen LogP contribution >= 0.6 is 0 Å². The van der Waals surface area contributed by atoms with Crippen LogP contribution in [0.5, 0.6) is 0 Å². The normalized spacial score (nSPS) is 10.7. The molecule has 0 spiro atoms. The lowest BCUT2D eigenvalue weighted by Gasteiger charge is -2.27. The van der Waals surface area contributed by atoms with Crippen LogP contribution in [0.1, 0.15) is 42.3 Å². The second-order valence-corrected chi connectivity index (χ2v) is 6.04. The summed E-state index contributed by atoms with van der Waals surface area (Å²) in [6.45, 7) is 7.75. The molecule has 0 saturated heterocycles. The van der Waals surface area contributed by atoms with Gasteiger partial charge >= 0.3 is 0 Å². The Hall–Kier alpha value is -2.33. The summed E-state index contributed by atoms with van der Waals surface area (Å²) in [5, 5.41) is 12.2. The first-order valence-corrected chi connectivity index (χ1v) is 8.39. The molecule has 2 rings (SSSR count). The second kappa shape index (κ2) is 8.50. The number of carbonyl (C=O) groups is 1. The summed E-state index contributed by atoms with van der Waals surface area (Å²) in [5.74, 6) is -0.109. The maximum atomic E-state index is 12.3. The van der Waals surface area contributed by atoms with Crippen molar-refractivity contribution < 1.29 is 9.90 Å². The van der Waals surface area contributed by atoms with Crippen molar-refractivity contribution in [2.75, 3.05) is 11.4 Å². The van der Waals surface area contributed by atoms with Crippen LogP contribution in [0.2, 0.25) is 0 Å². The summed E-state index contributed by atoms with van der Waals surface area (Å²) < 4.78 is 0. The van der Waals surface area contributed by atoms with Gasteiger partial charge in [-0.3, -0.25) is 4.79 Å². The van der Waals surface area contributed by atoms with Gasteiger partial charge in [-0.15, -0.1) is 0 Å². The Morgan fingerprint density at radius 3 is 2.25 bits per heavy atom. The third-order valence-corrected chi connectivity index (χ3v) is 4.15. The van der Waals surface area contributed by atoms with Crippen molar-refractivity contribution in [3.8, 4) is 0 Å². The number of nitrogens with one attached hydrogen (secondary N) is 1. The molecule has 0 fully saturated rings. The fourth-order valence-electron chi connectivity index (χ4n) is 2.81. The maximum Gasteiger partial charge on any atom is 0.251 e. The summed E-state index contributed by atoms with van der Waals surface area (Å²) in [6.07, 6.45) is 0. The van der Waals surface area contributed by atoms with Gasteiger partial charge in [-0.2, -0.15) is 0 Å². The van der Waals surface area contributed by atoms with E-state index < -0.39 is 0 Å². The first-order chi connectivity index (χ1) is 11.6. The Bertz CT molecular complexity index is 666. The zero-order valence-corrected chi connectivity index (χ0v) is 14.6. The van der Waals surface area contributed by atoms with Crippen LogP contribution in [0.25, 0.3) is 0 Å². The van der Waals surface area contributed by atoms with Crippen molar-refractivity contribution in [3.63, 3.8) is 0 Å². The van der Waals surface area contributed by atoms with Gasteiger partial charge in [0, 0.05) is 30.4 Å². The molecule has 128 valence electrons. The van der Waals surface area contributed by atoms with Crippen LogP contribution < -0.4 is 10.2 Å². The molecule has 1 amide bonds. The van der Waals surface area contributed by atoms with Crippen LogP contribution in [0.4, 0.5) is 5.69 Å². The van der Waals surface area contributed by atoms with Gasteiger partial charge in [0.25, 0.3) is 5.91 Å². The van der Waals surface area contributed by atoms with E-state index in [1.807, 2.05) is 48.5 Å². The third-order valence-electron chi connectivity index (χ3n) is 4.15. The molecule has 0 aliphatic heterocycles. The van der Waals surface area contributed by atoms with Crippen molar-refractivity contribution in [1.29, 1.82) is 0 Å². The predicted molar refractivity (Wildman–Crippen MR) is 98.1 cm³/mol. The van der Waals surface area contributed by atoms with E-state index in [2.05, 4.69) is 31.0 Å². The van der Waals surface area contributed by atoms with Gasteiger partial charge in [-0.05, 0) is 56.2 Å². The number of carbonyl (C=O) groups excluding carboxylic acids is 1. The molecular formula is C20H26N2O2. The average Bonchev–Trinajstić information content (AvgIpc) is 2.60. The molecule has 2 aromatic rings. The number of rotatable bonds is 7. The number of hydrogen-bond acceptors (Lipinski definition) is 3. The van der Waals surface area contributed by atoms with Crippen LogP contribution in [0.3, 0.4) is 0 Å². The Kier molecular flexibility index (Phi) is 6.38. The molecular weight excluding hydrogens is 300 g/mol. The minimum absolute atomic E-state index is 0.0250. The van der Waals surface area contributed by atoms with Gasteiger partial charge in [0.2, 0.25) is 0 Å². The first-order valence-electron chi connectivity index (χ1n) is 8.39. The zero-order valence-electron chi connectivity index (χ0n) is 14.6. The van der Waals surface area contributed by atoms with Crippen LogP contribution in [-0.4, -0.2) is 23.6 Å². The SMILES string of the molecule is CCN(c1ccc(C(=O)NCc2ccccc2CO)cc1)C(C)C. The number of amides is 1. The van der Waals surface area contributed by atoms with Crippen LogP contribution in [0, 0.1) is 0 Å². The Balaban J connectivity index is 2.02. The zero-order chi connectivity index (χ0) is 17.5. The number of benzene rings is 2. The summed E-state index contributed by atoms with van der Waals surface area (Å²) in [6, 6.07) is 15.7. The van der Waals surface area contributed by atoms with E-state index in [1.54, 1.807) is 0 Å². The largest absolute Gasteiger partial charge is 0.392 e. The number of hydrogen-bond donors (Lipinski definition) is 2. The van der Waals surface area contributed by atoms with Crippen molar-refractivity contribution in [2.24, 2.45) is 0 Å². The highest BCUT2D eigenvalue weighted by Crippen LogP contribution is 2.18. The molecule has 2 aromatic carbocycles. The van der Waals surface area contributed by atoms with Gasteiger partial charge in [0.05, 0.1) is 6.61 Å². The number of aliphatic hydroxyl groups is 1. The Morgan fingerprint density at radius 1 is 1.08 bits per heavy atom. The second-order valence-electron chi connectivity index (χ2n) is 6.04. The molecule has 0 bridgehead atoms. The number of aliphatic hydroxyl groups excluding tert-OH is 1. The molecule has 0 heterocycles. The van der Waals surface area contributed by atoms with E-state index in [9.17, 15) is 9.90 Å². The summed E-state index contributed by atoms with van der Waals surface area (Å²) in [4.78, 5) is 14.6. The molecule has 0 aromatic heterocycles. The lowest BCUT2D eigenvalue weighted by Crippen LogP contribution is -2.30. The minimum atomic E-state index is -0.109. The van der Waals surface area contributed by atoms with E-state index in [4.69, 9.17) is 0 Å². The minimum Gasteiger partial charge on any atom is -0.392 e. The van der Waals surface area contributed by atoms with Gasteiger partial charge in [0.15, 0.2) is 0 Å². The monoisotopic (exact) mass is 326 g/mol. The maximum absolute atomic E-state index is 12.3. The summed E-state index contributed by atoms with van der Waals surface area (Å²) in [7, 11) is 0. The highest BCUT2D eigenvalue weighted by molar-refractivity contribution is 5.94. The van der Waals surface area contributed by atoms with E-state index in [-0.39, 0.29) is 12.5 Å². The van der Waals surface area contributed by atoms with Crippen molar-refractivity contribution in [1.82, 2.24) is 5.32 Å². The van der Waals surface area contributed by atoms with Gasteiger partial charge < -0.3 is 15.3 Å². The Morgan fingerprint density at radius 2 is 1.71 bits per heavy atom. The van der Waals surface area contributed by atoms with Crippen molar-refractivity contribution >= 4 is 11.6 Å². The first kappa shape index (κ1) is 18.0. The van der Waals surface area contributed by atoms with Crippen LogP contribution in [0.15, 0.2) is 48.5 Å². The van der Waals surface area contributed by atoms with Gasteiger partial charge in [-0.25, -0.2) is 0 Å². The van der Waals surface area contributed by atoms with Crippen molar-refractivity contribution in [3.05, 3.63) is 65.2 Å². The molecule has 0 unspecified atom stereocenters. The number of nitrogens with zero attached hydrogens (tertiary/aromatic N) is 1. The van der Waals surface area contributed by atoms with Gasteiger partial charge in [-0.1, -0.05) is 24.3 Å². The summed E-state index contributed by atoms with van der Waals surface area (Å²) >= 11 is 0. The predicted octanol–water partition coefficient (Wildman–Crippen LogP) is 3.34. The standard InChI is InChI=1S/C20H26N2O2/c1-4-22(15(2)3)19-11-9-16(10-12-19)20(24)21-13-17-7-5-6-8-18(17)14-23/h5-12,15,23H,4,13-14H2,1-3H3,(H,21,24).